The molecule has 1 amide bonds. The molecule has 0 aliphatic carbocycles. The molecule has 0 saturated heterocycles. The summed E-state index contributed by atoms with van der Waals surface area (Å²) in [6.07, 6.45) is 0. The molecule has 2 aromatic carbocycles. The third-order valence-corrected chi connectivity index (χ3v) is 3.80. The van der Waals surface area contributed by atoms with Gasteiger partial charge in [0.15, 0.2) is 0 Å². The van der Waals surface area contributed by atoms with Gasteiger partial charge in [-0.15, -0.1) is 0 Å². The number of halogens is 2. The summed E-state index contributed by atoms with van der Waals surface area (Å²) >= 11 is 5.85. The van der Waals surface area contributed by atoms with Gasteiger partial charge in [0.25, 0.3) is 5.91 Å². The molecule has 2 aromatic rings. The fourth-order valence-electron chi connectivity index (χ4n) is 2.07. The first-order valence-electron chi connectivity index (χ1n) is 7.54. The van der Waals surface area contributed by atoms with Crippen molar-refractivity contribution in [2.24, 2.45) is 0 Å². The highest BCUT2D eigenvalue weighted by Gasteiger charge is 2.13. The van der Waals surface area contributed by atoms with Crippen molar-refractivity contribution < 1.29 is 28.2 Å². The highest BCUT2D eigenvalue weighted by atomic mass is 35.5. The largest absolute Gasteiger partial charge is 0.497 e. The summed E-state index contributed by atoms with van der Waals surface area (Å²) in [6.45, 7) is -0.711. The van der Waals surface area contributed by atoms with E-state index in [9.17, 15) is 14.0 Å². The van der Waals surface area contributed by atoms with Crippen LogP contribution in [0.2, 0.25) is 5.02 Å². The van der Waals surface area contributed by atoms with Crippen LogP contribution in [0, 0.1) is 5.82 Å². The fraction of sp³-hybridized carbons (Fsp3) is 0.222. The van der Waals surface area contributed by atoms with Gasteiger partial charge >= 0.3 is 5.97 Å². The third kappa shape index (κ3) is 5.10. The number of carbonyl (C=O) groups excluding carboxylic acids is 2. The highest BCUT2D eigenvalue weighted by Crippen LogP contribution is 2.22. The summed E-state index contributed by atoms with van der Waals surface area (Å²) in [6, 6.07) is 8.78. The van der Waals surface area contributed by atoms with E-state index in [2.05, 4.69) is 5.32 Å². The molecule has 0 atom stereocenters. The predicted octanol–water partition coefficient (Wildman–Crippen LogP) is 2.97. The Hall–Kier alpha value is -2.80. The molecule has 8 heteroatoms. The molecular weight excluding hydrogens is 365 g/mol. The van der Waals surface area contributed by atoms with E-state index in [1.54, 1.807) is 6.07 Å². The number of hydrogen-bond donors (Lipinski definition) is 1. The molecule has 0 spiro atoms. The number of carbonyl (C=O) groups is 2. The Morgan fingerprint density at radius 3 is 2.35 bits per heavy atom. The first kappa shape index (κ1) is 19.5. The maximum absolute atomic E-state index is 13.6. The van der Waals surface area contributed by atoms with E-state index < -0.39 is 17.7 Å². The van der Waals surface area contributed by atoms with Crippen molar-refractivity contribution in [2.45, 2.75) is 6.61 Å². The van der Waals surface area contributed by atoms with Crippen LogP contribution in [-0.2, 0) is 16.1 Å². The van der Waals surface area contributed by atoms with E-state index in [0.717, 1.165) is 0 Å². The van der Waals surface area contributed by atoms with Crippen molar-refractivity contribution >= 4 is 23.5 Å². The van der Waals surface area contributed by atoms with Crippen LogP contribution in [0.25, 0.3) is 0 Å². The Labute approximate surface area is 154 Å². The maximum atomic E-state index is 13.6. The first-order valence-corrected chi connectivity index (χ1v) is 7.92. The van der Waals surface area contributed by atoms with Gasteiger partial charge in [0.05, 0.1) is 19.2 Å². The van der Waals surface area contributed by atoms with Crippen molar-refractivity contribution in [3.05, 3.63) is 58.4 Å². The van der Waals surface area contributed by atoms with E-state index in [-0.39, 0.29) is 29.3 Å². The van der Waals surface area contributed by atoms with E-state index in [1.165, 1.54) is 44.6 Å². The third-order valence-electron chi connectivity index (χ3n) is 3.45. The van der Waals surface area contributed by atoms with Gasteiger partial charge in [-0.3, -0.25) is 9.59 Å². The summed E-state index contributed by atoms with van der Waals surface area (Å²) in [7, 11) is 2.92. The Morgan fingerprint density at radius 2 is 1.77 bits per heavy atom. The standard InChI is InChI=1S/C18H17ClFNO5/c1-24-12-6-11(7-13(8-12)25-2)18(23)21-9-17(22)26-10-14-15(19)4-3-5-16(14)20/h3-8H,9-10H2,1-2H3,(H,21,23). The average molecular weight is 382 g/mol. The molecule has 26 heavy (non-hydrogen) atoms. The Bertz CT molecular complexity index is 770. The number of amides is 1. The van der Waals surface area contributed by atoms with Crippen molar-refractivity contribution in [1.29, 1.82) is 0 Å². The van der Waals surface area contributed by atoms with E-state index in [0.29, 0.717) is 11.5 Å². The topological polar surface area (TPSA) is 73.9 Å². The SMILES string of the molecule is COc1cc(OC)cc(C(=O)NCC(=O)OCc2c(F)cccc2Cl)c1. The van der Waals surface area contributed by atoms with Gasteiger partial charge in [0, 0.05) is 17.2 Å². The van der Waals surface area contributed by atoms with E-state index >= 15 is 0 Å². The summed E-state index contributed by atoms with van der Waals surface area (Å²) in [4.78, 5) is 23.9. The molecule has 138 valence electrons. The lowest BCUT2D eigenvalue weighted by Crippen LogP contribution is -2.30. The zero-order valence-corrected chi connectivity index (χ0v) is 14.9. The van der Waals surface area contributed by atoms with Crippen molar-refractivity contribution in [3.8, 4) is 11.5 Å². The monoisotopic (exact) mass is 381 g/mol. The quantitative estimate of drug-likeness (QED) is 0.746. The number of benzene rings is 2. The predicted molar refractivity (Wildman–Crippen MR) is 93.1 cm³/mol. The lowest BCUT2D eigenvalue weighted by molar-refractivity contribution is -0.143. The zero-order chi connectivity index (χ0) is 19.1. The normalized spacial score (nSPS) is 10.2. The highest BCUT2D eigenvalue weighted by molar-refractivity contribution is 6.31. The molecule has 0 heterocycles. The molecule has 0 radical (unpaired) electrons. The number of nitrogens with one attached hydrogen (secondary N) is 1. The van der Waals surface area contributed by atoms with Crippen LogP contribution >= 0.6 is 11.6 Å². The summed E-state index contributed by atoms with van der Waals surface area (Å²) in [5.74, 6) is -0.939. The molecule has 2 rings (SSSR count). The van der Waals surface area contributed by atoms with Crippen LogP contribution in [0.5, 0.6) is 11.5 Å². The average Bonchev–Trinajstić information content (AvgIpc) is 2.65. The van der Waals surface area contributed by atoms with Gasteiger partial charge in [-0.25, -0.2) is 4.39 Å². The van der Waals surface area contributed by atoms with Gasteiger partial charge in [0.1, 0.15) is 30.5 Å². The van der Waals surface area contributed by atoms with Crippen molar-refractivity contribution in [3.63, 3.8) is 0 Å². The van der Waals surface area contributed by atoms with Crippen LogP contribution in [0.4, 0.5) is 4.39 Å². The fourth-order valence-corrected chi connectivity index (χ4v) is 2.28. The van der Waals surface area contributed by atoms with Gasteiger partial charge < -0.3 is 19.5 Å². The lowest BCUT2D eigenvalue weighted by atomic mass is 10.2. The molecular formula is C18H17ClFNO5. The van der Waals surface area contributed by atoms with Crippen molar-refractivity contribution in [1.82, 2.24) is 5.32 Å². The number of hydrogen-bond acceptors (Lipinski definition) is 5. The molecule has 0 unspecified atom stereocenters. The smallest absolute Gasteiger partial charge is 0.325 e. The van der Waals surface area contributed by atoms with Gasteiger partial charge in [-0.2, -0.15) is 0 Å². The number of methoxy groups -OCH3 is 2. The summed E-state index contributed by atoms with van der Waals surface area (Å²) in [5.41, 5.74) is 0.331. The minimum absolute atomic E-state index is 0.0753. The van der Waals surface area contributed by atoms with Crippen LogP contribution < -0.4 is 14.8 Å². The second-order valence-electron chi connectivity index (χ2n) is 5.14. The van der Waals surface area contributed by atoms with Crippen LogP contribution in [0.1, 0.15) is 15.9 Å². The summed E-state index contributed by atoms with van der Waals surface area (Å²) < 4.78 is 28.7. The molecule has 0 aromatic heterocycles. The molecule has 1 N–H and O–H groups in total. The Kier molecular flexibility index (Phi) is 6.80. The van der Waals surface area contributed by atoms with Crippen LogP contribution in [0.3, 0.4) is 0 Å². The second kappa shape index (κ2) is 9.05. The van der Waals surface area contributed by atoms with Crippen molar-refractivity contribution in [2.75, 3.05) is 20.8 Å². The van der Waals surface area contributed by atoms with Gasteiger partial charge in [-0.1, -0.05) is 17.7 Å². The number of ether oxygens (including phenoxy) is 3. The Balaban J connectivity index is 1.92. The lowest BCUT2D eigenvalue weighted by Gasteiger charge is -2.10. The first-order chi connectivity index (χ1) is 12.4. The van der Waals surface area contributed by atoms with Crippen LogP contribution in [0.15, 0.2) is 36.4 Å². The molecule has 0 aliphatic rings. The number of rotatable bonds is 7. The molecule has 0 saturated carbocycles. The second-order valence-corrected chi connectivity index (χ2v) is 5.55. The molecule has 0 aliphatic heterocycles. The van der Waals surface area contributed by atoms with E-state index in [4.69, 9.17) is 25.8 Å². The zero-order valence-electron chi connectivity index (χ0n) is 14.2. The summed E-state index contributed by atoms with van der Waals surface area (Å²) in [5, 5.41) is 2.57. The maximum Gasteiger partial charge on any atom is 0.325 e. The van der Waals surface area contributed by atoms with E-state index in [1.807, 2.05) is 0 Å². The molecule has 0 fully saturated rings. The van der Waals surface area contributed by atoms with Gasteiger partial charge in [-0.05, 0) is 24.3 Å². The van der Waals surface area contributed by atoms with Crippen LogP contribution in [-0.4, -0.2) is 32.6 Å². The minimum Gasteiger partial charge on any atom is -0.497 e. The molecule has 0 bridgehead atoms. The minimum atomic E-state index is -0.729. The number of esters is 1. The van der Waals surface area contributed by atoms with Gasteiger partial charge in [0.2, 0.25) is 0 Å². The molecule has 6 nitrogen and oxygen atoms in total. The Morgan fingerprint density at radius 1 is 1.12 bits per heavy atom.